The molecule has 24 heavy (non-hydrogen) atoms. The number of carbonyl (C=O) groups is 2. The summed E-state index contributed by atoms with van der Waals surface area (Å²) in [5, 5.41) is 47.1. The van der Waals surface area contributed by atoms with Gasteiger partial charge in [-0.3, -0.25) is 0 Å². The smallest absolute Gasteiger partial charge is 0.348 e. The number of hydrogen-bond acceptors (Lipinski definition) is 6. The maximum atomic E-state index is 11.6. The molecule has 1 aromatic carbocycles. The van der Waals surface area contributed by atoms with E-state index in [1.165, 1.54) is 30.3 Å². The maximum absolute atomic E-state index is 11.6. The van der Waals surface area contributed by atoms with E-state index >= 15 is 0 Å². The summed E-state index contributed by atoms with van der Waals surface area (Å²) in [4.78, 5) is 22.1. The Morgan fingerprint density at radius 1 is 1.04 bits per heavy atom. The van der Waals surface area contributed by atoms with Crippen molar-refractivity contribution in [1.29, 1.82) is 0 Å². The molecule has 1 aliphatic carbocycles. The second-order valence-corrected chi connectivity index (χ2v) is 5.68. The van der Waals surface area contributed by atoms with Crippen LogP contribution in [0.25, 0.3) is 6.08 Å². The van der Waals surface area contributed by atoms with E-state index in [4.69, 9.17) is 9.84 Å². The molecule has 1 aliphatic rings. The highest BCUT2D eigenvalue weighted by Gasteiger charge is 2.51. The van der Waals surface area contributed by atoms with Crippen molar-refractivity contribution in [3.05, 3.63) is 35.9 Å². The molecule has 1 aromatic rings. The van der Waals surface area contributed by atoms with Gasteiger partial charge in [-0.05, 0) is 23.8 Å². The number of aliphatic hydroxyl groups excluding tert-OH is 3. The summed E-state index contributed by atoms with van der Waals surface area (Å²) in [6.07, 6.45) is -2.70. The van der Waals surface area contributed by atoms with Crippen molar-refractivity contribution in [2.24, 2.45) is 0 Å². The third kappa shape index (κ3) is 3.91. The van der Waals surface area contributed by atoms with Crippen molar-refractivity contribution in [3.63, 3.8) is 0 Å². The summed E-state index contributed by atoms with van der Waals surface area (Å²) >= 11 is 0. The minimum Gasteiger partial charge on any atom is -0.478 e. The van der Waals surface area contributed by atoms with Crippen LogP contribution in [-0.2, 0) is 9.59 Å². The van der Waals surface area contributed by atoms with E-state index in [2.05, 4.69) is 0 Å². The Morgan fingerprint density at radius 3 is 2.04 bits per heavy atom. The van der Waals surface area contributed by atoms with Gasteiger partial charge in [0.2, 0.25) is 5.60 Å². The summed E-state index contributed by atoms with van der Waals surface area (Å²) in [6.45, 7) is 0. The van der Waals surface area contributed by atoms with E-state index in [0.717, 1.165) is 6.08 Å². The van der Waals surface area contributed by atoms with Gasteiger partial charge in [0.1, 0.15) is 11.9 Å². The van der Waals surface area contributed by atoms with Crippen molar-refractivity contribution in [2.75, 3.05) is 0 Å². The van der Waals surface area contributed by atoms with Crippen LogP contribution in [0.4, 0.5) is 0 Å². The fourth-order valence-corrected chi connectivity index (χ4v) is 2.60. The van der Waals surface area contributed by atoms with Crippen molar-refractivity contribution >= 4 is 18.0 Å². The zero-order valence-electron chi connectivity index (χ0n) is 12.6. The number of aliphatic hydroxyl groups is 3. The first-order valence-electron chi connectivity index (χ1n) is 7.21. The normalized spacial score (nSPS) is 30.2. The molecule has 2 rings (SSSR count). The van der Waals surface area contributed by atoms with Crippen molar-refractivity contribution in [3.8, 4) is 5.75 Å². The fraction of sp³-hybridized carbons (Fsp3) is 0.375. The molecule has 2 unspecified atom stereocenters. The number of aliphatic carboxylic acids is 2. The molecule has 0 amide bonds. The van der Waals surface area contributed by atoms with E-state index in [-0.39, 0.29) is 18.6 Å². The maximum Gasteiger partial charge on any atom is 0.348 e. The van der Waals surface area contributed by atoms with Crippen molar-refractivity contribution in [1.82, 2.24) is 0 Å². The molecule has 0 aromatic heterocycles. The first-order chi connectivity index (χ1) is 11.2. The zero-order chi connectivity index (χ0) is 17.9. The summed E-state index contributed by atoms with van der Waals surface area (Å²) in [6, 6.07) is 5.98. The number of rotatable bonds is 5. The Kier molecular flexibility index (Phi) is 5.23. The van der Waals surface area contributed by atoms with Crippen molar-refractivity contribution < 1.29 is 39.9 Å². The van der Waals surface area contributed by atoms with E-state index in [0.29, 0.717) is 5.56 Å². The van der Waals surface area contributed by atoms with Crippen LogP contribution in [0.3, 0.4) is 0 Å². The summed E-state index contributed by atoms with van der Waals surface area (Å²) in [5.41, 5.74) is -1.29. The number of benzene rings is 1. The van der Waals surface area contributed by atoms with Crippen LogP contribution >= 0.6 is 0 Å². The van der Waals surface area contributed by atoms with Gasteiger partial charge in [-0.1, -0.05) is 12.1 Å². The van der Waals surface area contributed by atoms with E-state index in [9.17, 15) is 30.0 Å². The predicted octanol–water partition coefficient (Wildman–Crippen LogP) is -0.137. The summed E-state index contributed by atoms with van der Waals surface area (Å²) in [5.74, 6) is -2.27. The fourth-order valence-electron chi connectivity index (χ4n) is 2.60. The molecule has 0 saturated heterocycles. The highest BCUT2D eigenvalue weighted by Crippen LogP contribution is 2.34. The average molecular weight is 338 g/mol. The van der Waals surface area contributed by atoms with Crippen LogP contribution in [0.5, 0.6) is 5.75 Å². The second-order valence-electron chi connectivity index (χ2n) is 5.68. The largest absolute Gasteiger partial charge is 0.478 e. The van der Waals surface area contributed by atoms with Crippen LogP contribution in [0, 0.1) is 0 Å². The first-order valence-corrected chi connectivity index (χ1v) is 7.21. The predicted molar refractivity (Wildman–Crippen MR) is 81.4 cm³/mol. The van der Waals surface area contributed by atoms with Gasteiger partial charge in [-0.2, -0.15) is 0 Å². The summed E-state index contributed by atoms with van der Waals surface area (Å²) in [7, 11) is 0. The van der Waals surface area contributed by atoms with E-state index in [1.54, 1.807) is 0 Å². The van der Waals surface area contributed by atoms with Gasteiger partial charge in [0.25, 0.3) is 0 Å². The lowest BCUT2D eigenvalue weighted by Gasteiger charge is -2.40. The molecule has 8 heteroatoms. The quantitative estimate of drug-likeness (QED) is 0.467. The lowest BCUT2D eigenvalue weighted by molar-refractivity contribution is -0.181. The number of carboxylic acid groups (broad SMARTS) is 2. The standard InChI is InChI=1S/C16H18O8/c17-11-7-16(15(22)23,8-12(18)14(11)21)24-10-4-1-9(2-5-10)3-6-13(19)20/h1-6,11-12,14,17-18,21H,7-8H2,(H,19,20)(H,22,23). The lowest BCUT2D eigenvalue weighted by atomic mass is 9.79. The van der Waals surface area contributed by atoms with Crippen LogP contribution in [0.2, 0.25) is 0 Å². The third-order valence-corrected chi connectivity index (χ3v) is 3.87. The van der Waals surface area contributed by atoms with Gasteiger partial charge in [0, 0.05) is 18.9 Å². The molecule has 0 bridgehead atoms. The highest BCUT2D eigenvalue weighted by atomic mass is 16.5. The monoisotopic (exact) mass is 338 g/mol. The van der Waals surface area contributed by atoms with Gasteiger partial charge < -0.3 is 30.3 Å². The van der Waals surface area contributed by atoms with Gasteiger partial charge >= 0.3 is 11.9 Å². The lowest BCUT2D eigenvalue weighted by Crippen LogP contribution is -2.58. The van der Waals surface area contributed by atoms with Crippen LogP contribution in [-0.4, -0.2) is 61.4 Å². The third-order valence-electron chi connectivity index (χ3n) is 3.87. The van der Waals surface area contributed by atoms with Crippen LogP contribution in [0.15, 0.2) is 30.3 Å². The topological polar surface area (TPSA) is 145 Å². The van der Waals surface area contributed by atoms with E-state index < -0.39 is 35.9 Å². The Labute approximate surface area is 137 Å². The van der Waals surface area contributed by atoms with Gasteiger partial charge in [-0.15, -0.1) is 0 Å². The number of hydrogen-bond donors (Lipinski definition) is 5. The summed E-state index contributed by atoms with van der Waals surface area (Å²) < 4.78 is 5.50. The molecule has 8 nitrogen and oxygen atoms in total. The Bertz CT molecular complexity index is 624. The molecule has 0 spiro atoms. The molecule has 1 fully saturated rings. The Hall–Kier alpha value is -2.42. The van der Waals surface area contributed by atoms with Gasteiger partial charge in [0.15, 0.2) is 0 Å². The average Bonchev–Trinajstić information content (AvgIpc) is 2.51. The second kappa shape index (κ2) is 7.00. The number of carboxylic acids is 2. The molecule has 1 saturated carbocycles. The molecule has 0 radical (unpaired) electrons. The molecule has 130 valence electrons. The highest BCUT2D eigenvalue weighted by molar-refractivity contribution is 5.85. The minimum atomic E-state index is -1.86. The number of ether oxygens (including phenoxy) is 1. The molecule has 2 atom stereocenters. The minimum absolute atomic E-state index is 0.181. The Morgan fingerprint density at radius 2 is 1.58 bits per heavy atom. The molecular weight excluding hydrogens is 320 g/mol. The molecular formula is C16H18O8. The molecule has 5 N–H and O–H groups in total. The molecule has 0 aliphatic heterocycles. The van der Waals surface area contributed by atoms with E-state index in [1.807, 2.05) is 0 Å². The van der Waals surface area contributed by atoms with Crippen LogP contribution < -0.4 is 4.74 Å². The zero-order valence-corrected chi connectivity index (χ0v) is 12.6. The first kappa shape index (κ1) is 17.9. The molecule has 0 heterocycles. The van der Waals surface area contributed by atoms with Gasteiger partial charge in [-0.25, -0.2) is 9.59 Å². The van der Waals surface area contributed by atoms with Crippen molar-refractivity contribution in [2.45, 2.75) is 36.8 Å². The SMILES string of the molecule is O=C(O)C=Cc1ccc(OC2(C(=O)O)CC(O)C(O)C(O)C2)cc1. The van der Waals surface area contributed by atoms with Crippen LogP contribution in [0.1, 0.15) is 18.4 Å². The Balaban J connectivity index is 2.19. The van der Waals surface area contributed by atoms with Gasteiger partial charge in [0.05, 0.1) is 12.2 Å².